The second kappa shape index (κ2) is 7.09. The van der Waals surface area contributed by atoms with Gasteiger partial charge in [-0.15, -0.1) is 0 Å². The van der Waals surface area contributed by atoms with Gasteiger partial charge in [-0.2, -0.15) is 0 Å². The Balaban J connectivity index is 1.82. The summed E-state index contributed by atoms with van der Waals surface area (Å²) in [7, 11) is 0. The van der Waals surface area contributed by atoms with Gasteiger partial charge in [0.1, 0.15) is 5.75 Å². The summed E-state index contributed by atoms with van der Waals surface area (Å²) < 4.78 is 5.22. The number of nitrogens with one attached hydrogen (secondary N) is 2. The molecule has 5 heteroatoms. The van der Waals surface area contributed by atoms with E-state index >= 15 is 0 Å². The highest BCUT2D eigenvalue weighted by Gasteiger charge is 2.05. The van der Waals surface area contributed by atoms with Crippen molar-refractivity contribution in [1.29, 1.82) is 5.41 Å². The minimum absolute atomic E-state index is 0.103. The molecule has 0 heterocycles. The summed E-state index contributed by atoms with van der Waals surface area (Å²) in [6.07, 6.45) is 0.917. The van der Waals surface area contributed by atoms with E-state index < -0.39 is 0 Å². The number of nitrogens with two attached hydrogens (primary N) is 1. The summed E-state index contributed by atoms with van der Waals surface area (Å²) in [5.41, 5.74) is 7.02. The number of benzene rings is 2. The summed E-state index contributed by atoms with van der Waals surface area (Å²) in [5.74, 6) is 0.199. The number of para-hydroxylation sites is 1. The molecule has 0 aliphatic heterocycles. The van der Waals surface area contributed by atoms with Crippen molar-refractivity contribution in [2.75, 3.05) is 5.32 Å². The molecule has 0 saturated carbocycles. The summed E-state index contributed by atoms with van der Waals surface area (Å²) in [4.78, 5) is 11.7. The molecule has 0 aliphatic rings. The van der Waals surface area contributed by atoms with Crippen LogP contribution in [-0.2, 0) is 11.2 Å². The minimum atomic E-state index is -0.257. The molecular weight excluding hydrogens is 266 g/mol. The van der Waals surface area contributed by atoms with Crippen LogP contribution in [-0.4, -0.2) is 11.9 Å². The first kappa shape index (κ1) is 14.6. The van der Waals surface area contributed by atoms with E-state index in [1.807, 2.05) is 42.5 Å². The zero-order valence-electron chi connectivity index (χ0n) is 11.5. The molecular formula is C16H17N3O2. The molecule has 2 aromatic rings. The van der Waals surface area contributed by atoms with Crippen molar-refractivity contribution in [1.82, 2.24) is 0 Å². The van der Waals surface area contributed by atoms with E-state index in [4.69, 9.17) is 15.9 Å². The van der Waals surface area contributed by atoms with Gasteiger partial charge in [-0.3, -0.25) is 10.2 Å². The molecule has 108 valence electrons. The second-order valence-corrected chi connectivity index (χ2v) is 4.52. The molecule has 0 saturated heterocycles. The number of hydrogen-bond donors (Lipinski definition) is 3. The average Bonchev–Trinajstić information content (AvgIpc) is 2.47. The first-order valence-corrected chi connectivity index (χ1v) is 6.59. The minimum Gasteiger partial charge on any atom is -0.427 e. The fraction of sp³-hybridized carbons (Fsp3) is 0.125. The maximum absolute atomic E-state index is 11.7. The van der Waals surface area contributed by atoms with Crippen LogP contribution in [0.15, 0.2) is 54.6 Å². The highest BCUT2D eigenvalue weighted by atomic mass is 16.5. The quantitative estimate of drug-likeness (QED) is 0.340. The van der Waals surface area contributed by atoms with Gasteiger partial charge >= 0.3 is 5.97 Å². The van der Waals surface area contributed by atoms with Crippen LogP contribution in [0.4, 0.5) is 5.69 Å². The van der Waals surface area contributed by atoms with E-state index in [0.29, 0.717) is 18.6 Å². The third kappa shape index (κ3) is 4.99. The molecule has 2 aromatic carbocycles. The molecule has 0 radical (unpaired) electrons. The van der Waals surface area contributed by atoms with Gasteiger partial charge in [0.05, 0.1) is 0 Å². The second-order valence-electron chi connectivity index (χ2n) is 4.52. The van der Waals surface area contributed by atoms with Crippen molar-refractivity contribution in [3.05, 3.63) is 60.2 Å². The van der Waals surface area contributed by atoms with Crippen molar-refractivity contribution >= 4 is 17.6 Å². The summed E-state index contributed by atoms with van der Waals surface area (Å²) in [5, 5.41) is 9.83. The average molecular weight is 283 g/mol. The summed E-state index contributed by atoms with van der Waals surface area (Å²) in [6, 6.07) is 16.4. The Morgan fingerprint density at radius 3 is 2.38 bits per heavy atom. The topological polar surface area (TPSA) is 88.2 Å². The number of carbonyl (C=O) groups excluding carboxylic acids is 1. The number of rotatable bonds is 5. The van der Waals surface area contributed by atoms with Crippen molar-refractivity contribution in [3.63, 3.8) is 0 Å². The molecule has 5 nitrogen and oxygen atoms in total. The van der Waals surface area contributed by atoms with Gasteiger partial charge in [0, 0.05) is 12.1 Å². The number of aryl methyl sites for hydroxylation is 1. The number of esters is 1. The normalized spacial score (nSPS) is 9.90. The van der Waals surface area contributed by atoms with Crippen molar-refractivity contribution in [3.8, 4) is 5.75 Å². The lowest BCUT2D eigenvalue weighted by molar-refractivity contribution is -0.134. The highest BCUT2D eigenvalue weighted by Crippen LogP contribution is 2.13. The molecule has 0 aromatic heterocycles. The molecule has 0 spiro atoms. The maximum atomic E-state index is 11.7. The van der Waals surface area contributed by atoms with E-state index in [2.05, 4.69) is 5.32 Å². The van der Waals surface area contributed by atoms with E-state index in [1.54, 1.807) is 12.1 Å². The van der Waals surface area contributed by atoms with Gasteiger partial charge in [0.15, 0.2) is 5.96 Å². The van der Waals surface area contributed by atoms with Gasteiger partial charge in [-0.05, 0) is 36.2 Å². The molecule has 0 atom stereocenters. The smallest absolute Gasteiger partial charge is 0.311 e. The SMILES string of the molecule is N=C(N)Nc1ccc(CCC(=O)Oc2ccccc2)cc1. The number of guanidine groups is 1. The predicted octanol–water partition coefficient (Wildman–Crippen LogP) is 2.53. The largest absolute Gasteiger partial charge is 0.427 e. The molecule has 0 unspecified atom stereocenters. The first-order chi connectivity index (χ1) is 10.1. The third-order valence-electron chi connectivity index (χ3n) is 2.83. The van der Waals surface area contributed by atoms with E-state index in [9.17, 15) is 4.79 Å². The Morgan fingerprint density at radius 2 is 1.76 bits per heavy atom. The van der Waals surface area contributed by atoms with Gasteiger partial charge in [-0.25, -0.2) is 0 Å². The van der Waals surface area contributed by atoms with Crippen LogP contribution in [0.5, 0.6) is 5.75 Å². The number of anilines is 1. The Morgan fingerprint density at radius 1 is 1.10 bits per heavy atom. The fourth-order valence-electron chi connectivity index (χ4n) is 1.83. The standard InChI is InChI=1S/C16H17N3O2/c17-16(18)19-13-9-6-12(7-10-13)8-11-15(20)21-14-4-2-1-3-5-14/h1-7,9-10H,8,11H2,(H4,17,18,19). The van der Waals surface area contributed by atoms with Gasteiger partial charge in [-0.1, -0.05) is 30.3 Å². The maximum Gasteiger partial charge on any atom is 0.311 e. The molecule has 4 N–H and O–H groups in total. The number of carbonyl (C=O) groups is 1. The Labute approximate surface area is 123 Å². The lowest BCUT2D eigenvalue weighted by Gasteiger charge is -2.06. The van der Waals surface area contributed by atoms with E-state index in [1.165, 1.54) is 0 Å². The van der Waals surface area contributed by atoms with Crippen molar-refractivity contribution in [2.24, 2.45) is 5.73 Å². The Hall–Kier alpha value is -2.82. The Kier molecular flexibility index (Phi) is 4.93. The van der Waals surface area contributed by atoms with Crippen molar-refractivity contribution < 1.29 is 9.53 Å². The van der Waals surface area contributed by atoms with E-state index in [0.717, 1.165) is 11.3 Å². The molecule has 0 fully saturated rings. The van der Waals surface area contributed by atoms with Gasteiger partial charge in [0.25, 0.3) is 0 Å². The van der Waals surface area contributed by atoms with Crippen LogP contribution >= 0.6 is 0 Å². The number of hydrogen-bond acceptors (Lipinski definition) is 3. The van der Waals surface area contributed by atoms with E-state index in [-0.39, 0.29) is 11.9 Å². The molecule has 0 aliphatic carbocycles. The predicted molar refractivity (Wildman–Crippen MR) is 82.4 cm³/mol. The van der Waals surface area contributed by atoms with Crippen molar-refractivity contribution in [2.45, 2.75) is 12.8 Å². The molecule has 2 rings (SSSR count). The summed E-state index contributed by atoms with van der Waals surface area (Å²) in [6.45, 7) is 0. The summed E-state index contributed by atoms with van der Waals surface area (Å²) >= 11 is 0. The monoisotopic (exact) mass is 283 g/mol. The van der Waals surface area contributed by atoms with Gasteiger partial charge in [0.2, 0.25) is 0 Å². The lowest BCUT2D eigenvalue weighted by Crippen LogP contribution is -2.20. The van der Waals surface area contributed by atoms with Crippen LogP contribution in [0, 0.1) is 5.41 Å². The third-order valence-corrected chi connectivity index (χ3v) is 2.83. The zero-order chi connectivity index (χ0) is 15.1. The molecule has 21 heavy (non-hydrogen) atoms. The lowest BCUT2D eigenvalue weighted by atomic mass is 10.1. The fourth-order valence-corrected chi connectivity index (χ4v) is 1.83. The zero-order valence-corrected chi connectivity index (χ0v) is 11.5. The van der Waals surface area contributed by atoms with Crippen LogP contribution in [0.3, 0.4) is 0 Å². The molecule has 0 amide bonds. The number of ether oxygens (including phenoxy) is 1. The van der Waals surface area contributed by atoms with Crippen LogP contribution < -0.4 is 15.8 Å². The highest BCUT2D eigenvalue weighted by molar-refractivity contribution is 5.89. The molecule has 0 bridgehead atoms. The van der Waals surface area contributed by atoms with Crippen LogP contribution in [0.25, 0.3) is 0 Å². The first-order valence-electron chi connectivity index (χ1n) is 6.59. The van der Waals surface area contributed by atoms with Crippen LogP contribution in [0.2, 0.25) is 0 Å². The Bertz CT molecular complexity index is 609. The van der Waals surface area contributed by atoms with Gasteiger partial charge < -0.3 is 15.8 Å². The van der Waals surface area contributed by atoms with Crippen LogP contribution in [0.1, 0.15) is 12.0 Å².